The third kappa shape index (κ3) is 3.06. The van der Waals surface area contributed by atoms with Crippen molar-refractivity contribution in [3.8, 4) is 0 Å². The maximum absolute atomic E-state index is 13.2. The molecule has 122 valence electrons. The summed E-state index contributed by atoms with van der Waals surface area (Å²) in [4.78, 5) is 2.26. The quantitative estimate of drug-likeness (QED) is 0.862. The van der Waals surface area contributed by atoms with E-state index >= 15 is 0 Å². The van der Waals surface area contributed by atoms with Crippen molar-refractivity contribution in [2.75, 3.05) is 14.1 Å². The van der Waals surface area contributed by atoms with Gasteiger partial charge in [0.1, 0.15) is 5.37 Å². The molecule has 2 unspecified atom stereocenters. The van der Waals surface area contributed by atoms with E-state index in [4.69, 9.17) is 0 Å². The number of fused-ring (bicyclic) bond motifs is 1. The Bertz CT molecular complexity index is 769. The number of nitrogens with zero attached hydrogens (tertiary/aromatic N) is 1. The molecule has 0 aromatic heterocycles. The van der Waals surface area contributed by atoms with E-state index in [1.54, 1.807) is 24.3 Å². The number of aryl methyl sites for hydroxylation is 1. The highest BCUT2D eigenvalue weighted by molar-refractivity contribution is 7.92. The number of hydrogen-bond acceptors (Lipinski definition) is 3. The molecule has 0 N–H and O–H groups in total. The second kappa shape index (κ2) is 6.46. The molecule has 0 radical (unpaired) electrons. The molecule has 3 nitrogen and oxygen atoms in total. The summed E-state index contributed by atoms with van der Waals surface area (Å²) in [5.41, 5.74) is 2.48. The summed E-state index contributed by atoms with van der Waals surface area (Å²) in [6.07, 6.45) is 2.99. The van der Waals surface area contributed by atoms with Crippen LogP contribution in [-0.4, -0.2) is 32.8 Å². The Kier molecular flexibility index (Phi) is 4.55. The first-order valence-electron chi connectivity index (χ1n) is 8.05. The Labute approximate surface area is 138 Å². The minimum atomic E-state index is -3.42. The van der Waals surface area contributed by atoms with Gasteiger partial charge in [0.25, 0.3) is 0 Å². The number of benzene rings is 2. The predicted molar refractivity (Wildman–Crippen MR) is 93.2 cm³/mol. The average molecular weight is 329 g/mol. The largest absolute Gasteiger partial charge is 0.293 e. The number of rotatable bonds is 4. The lowest BCUT2D eigenvalue weighted by Crippen LogP contribution is -2.42. The molecule has 1 aliphatic rings. The molecule has 0 fully saturated rings. The van der Waals surface area contributed by atoms with E-state index in [1.165, 1.54) is 11.1 Å². The van der Waals surface area contributed by atoms with Crippen LogP contribution in [-0.2, 0) is 16.3 Å². The third-order valence-corrected chi connectivity index (χ3v) is 6.97. The van der Waals surface area contributed by atoms with Crippen molar-refractivity contribution in [3.05, 3.63) is 65.7 Å². The summed E-state index contributed by atoms with van der Waals surface area (Å²) in [6, 6.07) is 17.1. The van der Waals surface area contributed by atoms with Crippen LogP contribution in [0.4, 0.5) is 0 Å². The summed E-state index contributed by atoms with van der Waals surface area (Å²) in [5, 5.41) is -0.536. The summed E-state index contributed by atoms with van der Waals surface area (Å²) in [6.45, 7) is 0. The molecule has 3 rings (SSSR count). The highest BCUT2D eigenvalue weighted by atomic mass is 32.2. The summed E-state index contributed by atoms with van der Waals surface area (Å²) in [7, 11) is 0.310. The smallest absolute Gasteiger partial charge is 0.195 e. The van der Waals surface area contributed by atoms with Crippen LogP contribution >= 0.6 is 0 Å². The molecule has 2 aromatic rings. The van der Waals surface area contributed by atoms with Crippen molar-refractivity contribution in [3.63, 3.8) is 0 Å². The molecule has 23 heavy (non-hydrogen) atoms. The zero-order chi connectivity index (χ0) is 16.4. The van der Waals surface area contributed by atoms with Crippen LogP contribution in [0.15, 0.2) is 59.5 Å². The molecule has 0 bridgehead atoms. The van der Waals surface area contributed by atoms with E-state index in [9.17, 15) is 8.42 Å². The Morgan fingerprint density at radius 2 is 1.65 bits per heavy atom. The standard InChI is InChI=1S/C19H23NO2S/c1-20(2)19(23(21,22)16-11-4-3-5-12-16)18-14-8-10-15-9-6-7-13-17(15)18/h3-7,9,11-13,18-19H,8,10,14H2,1-2H3. The third-order valence-electron chi connectivity index (χ3n) is 4.66. The lowest BCUT2D eigenvalue weighted by Gasteiger charge is -2.35. The molecule has 2 atom stereocenters. The molecule has 0 spiro atoms. The highest BCUT2D eigenvalue weighted by Gasteiger charge is 2.38. The van der Waals surface area contributed by atoms with E-state index < -0.39 is 15.2 Å². The Hall–Kier alpha value is -1.65. The maximum Gasteiger partial charge on any atom is 0.195 e. The molecule has 0 aliphatic heterocycles. The Balaban J connectivity index is 2.08. The Morgan fingerprint density at radius 1 is 1.00 bits per heavy atom. The van der Waals surface area contributed by atoms with Gasteiger partial charge in [0.05, 0.1) is 4.90 Å². The van der Waals surface area contributed by atoms with Crippen LogP contribution in [0.1, 0.15) is 29.9 Å². The zero-order valence-corrected chi connectivity index (χ0v) is 14.5. The molecule has 0 saturated carbocycles. The van der Waals surface area contributed by atoms with Crippen LogP contribution < -0.4 is 0 Å². The molecule has 0 heterocycles. The molecule has 0 amide bonds. The second-order valence-corrected chi connectivity index (χ2v) is 8.45. The van der Waals surface area contributed by atoms with Crippen molar-refractivity contribution >= 4 is 9.84 Å². The number of sulfone groups is 1. The van der Waals surface area contributed by atoms with Gasteiger partial charge >= 0.3 is 0 Å². The average Bonchev–Trinajstić information content (AvgIpc) is 2.55. The first kappa shape index (κ1) is 16.2. The molecule has 1 aliphatic carbocycles. The van der Waals surface area contributed by atoms with Gasteiger partial charge in [0.2, 0.25) is 0 Å². The van der Waals surface area contributed by atoms with Gasteiger partial charge in [-0.1, -0.05) is 42.5 Å². The lowest BCUT2D eigenvalue weighted by molar-refractivity contribution is 0.305. The fourth-order valence-corrected chi connectivity index (χ4v) is 5.78. The number of hydrogen-bond donors (Lipinski definition) is 0. The van der Waals surface area contributed by atoms with Gasteiger partial charge in [-0.2, -0.15) is 0 Å². The normalized spacial score (nSPS) is 19.3. The fourth-order valence-electron chi connectivity index (χ4n) is 3.69. The summed E-state index contributed by atoms with van der Waals surface area (Å²) in [5.74, 6) is 0.0140. The van der Waals surface area contributed by atoms with E-state index in [0.717, 1.165) is 19.3 Å². The van der Waals surface area contributed by atoms with E-state index in [2.05, 4.69) is 12.1 Å². The van der Waals surface area contributed by atoms with E-state index in [-0.39, 0.29) is 5.92 Å². The minimum absolute atomic E-state index is 0.0140. The van der Waals surface area contributed by atoms with E-state index in [0.29, 0.717) is 4.90 Å². The SMILES string of the molecule is CN(C)C(C1CCCc2ccccc21)S(=O)(=O)c1ccccc1. The molecule has 2 aromatic carbocycles. The molecule has 0 saturated heterocycles. The van der Waals surface area contributed by atoms with Gasteiger partial charge in [-0.05, 0) is 56.6 Å². The second-order valence-electron chi connectivity index (χ2n) is 6.41. The summed E-state index contributed by atoms with van der Waals surface area (Å²) >= 11 is 0. The van der Waals surface area contributed by atoms with Crippen LogP contribution in [0.25, 0.3) is 0 Å². The number of likely N-dealkylation sites (N-methyl/N-ethyl adjacent to an activating group) is 1. The molecular formula is C19H23NO2S. The van der Waals surface area contributed by atoms with Crippen molar-refractivity contribution in [1.29, 1.82) is 0 Å². The molecular weight excluding hydrogens is 306 g/mol. The fraction of sp³-hybridized carbons (Fsp3) is 0.368. The lowest BCUT2D eigenvalue weighted by atomic mass is 9.82. The van der Waals surface area contributed by atoms with Crippen LogP contribution in [0, 0.1) is 0 Å². The van der Waals surface area contributed by atoms with Gasteiger partial charge in [-0.15, -0.1) is 0 Å². The first-order chi connectivity index (χ1) is 11.0. The van der Waals surface area contributed by atoms with Crippen molar-refractivity contribution in [1.82, 2.24) is 4.90 Å². The highest BCUT2D eigenvalue weighted by Crippen LogP contribution is 2.39. The van der Waals surface area contributed by atoms with Crippen molar-refractivity contribution < 1.29 is 8.42 Å². The molecule has 4 heteroatoms. The maximum atomic E-state index is 13.2. The minimum Gasteiger partial charge on any atom is -0.293 e. The van der Waals surface area contributed by atoms with Crippen LogP contribution in [0.5, 0.6) is 0 Å². The van der Waals surface area contributed by atoms with Crippen molar-refractivity contribution in [2.45, 2.75) is 35.4 Å². The van der Waals surface area contributed by atoms with E-state index in [1.807, 2.05) is 37.2 Å². The van der Waals surface area contributed by atoms with Gasteiger partial charge < -0.3 is 0 Å². The summed E-state index contributed by atoms with van der Waals surface area (Å²) < 4.78 is 26.5. The van der Waals surface area contributed by atoms with Crippen LogP contribution in [0.3, 0.4) is 0 Å². The van der Waals surface area contributed by atoms with Gasteiger partial charge in [0.15, 0.2) is 9.84 Å². The zero-order valence-electron chi connectivity index (χ0n) is 13.6. The van der Waals surface area contributed by atoms with Crippen molar-refractivity contribution in [2.24, 2.45) is 0 Å². The first-order valence-corrected chi connectivity index (χ1v) is 9.59. The predicted octanol–water partition coefficient (Wildman–Crippen LogP) is 3.47. The van der Waals surface area contributed by atoms with Crippen LogP contribution in [0.2, 0.25) is 0 Å². The van der Waals surface area contributed by atoms with Gasteiger partial charge in [-0.3, -0.25) is 4.90 Å². The topological polar surface area (TPSA) is 37.4 Å². The van der Waals surface area contributed by atoms with Gasteiger partial charge in [0, 0.05) is 5.92 Å². The van der Waals surface area contributed by atoms with Gasteiger partial charge in [-0.25, -0.2) is 8.42 Å². The monoisotopic (exact) mass is 329 g/mol. The Morgan fingerprint density at radius 3 is 2.35 bits per heavy atom.